The van der Waals surface area contributed by atoms with E-state index in [-0.39, 0.29) is 5.70 Å². The average Bonchev–Trinajstić information content (AvgIpc) is 2.91. The Morgan fingerprint density at radius 1 is 1.06 bits per heavy atom. The molecule has 36 heavy (non-hydrogen) atoms. The van der Waals surface area contributed by atoms with Crippen LogP contribution in [0.25, 0.3) is 22.5 Å². The highest BCUT2D eigenvalue weighted by Crippen LogP contribution is 2.35. The molecule has 1 aromatic heterocycles. The topological polar surface area (TPSA) is 110 Å². The van der Waals surface area contributed by atoms with Crippen molar-refractivity contribution in [2.75, 3.05) is 6.54 Å². The van der Waals surface area contributed by atoms with E-state index in [0.29, 0.717) is 12.1 Å². The molecular weight excluding hydrogens is 446 g/mol. The van der Waals surface area contributed by atoms with Crippen LogP contribution in [0.4, 0.5) is 5.69 Å². The largest absolute Gasteiger partial charge is 0.513 e. The number of benzene rings is 2. The molecular formula is C30H31N5O. The van der Waals surface area contributed by atoms with Gasteiger partial charge in [0, 0.05) is 47.0 Å². The van der Waals surface area contributed by atoms with Gasteiger partial charge in [0.25, 0.3) is 0 Å². The maximum absolute atomic E-state index is 9.26. The second-order valence-corrected chi connectivity index (χ2v) is 8.04. The lowest BCUT2D eigenvalue weighted by Gasteiger charge is -2.17. The minimum Gasteiger partial charge on any atom is -0.513 e. The van der Waals surface area contributed by atoms with Gasteiger partial charge in [0.05, 0.1) is 11.4 Å². The quantitative estimate of drug-likeness (QED) is 0.166. The van der Waals surface area contributed by atoms with E-state index in [1.54, 1.807) is 18.5 Å². The van der Waals surface area contributed by atoms with E-state index in [2.05, 4.69) is 41.7 Å². The average molecular weight is 478 g/mol. The van der Waals surface area contributed by atoms with Crippen LogP contribution in [0.3, 0.4) is 0 Å². The fourth-order valence-corrected chi connectivity index (χ4v) is 3.55. The SMILES string of the molecule is C=C(/C=C\C=C/N)CNC(=C)c1c(N=C(C)c2cncc(/C(N)=C/O)c2)cccc1-c1ccccc1. The zero-order valence-electron chi connectivity index (χ0n) is 20.4. The number of allylic oxidation sites excluding steroid dienone is 2. The molecule has 3 aromatic rings. The van der Waals surface area contributed by atoms with Crippen LogP contribution < -0.4 is 16.8 Å². The zero-order chi connectivity index (χ0) is 25.9. The minimum absolute atomic E-state index is 0.234. The normalized spacial score (nSPS) is 12.2. The van der Waals surface area contributed by atoms with Crippen LogP contribution in [0, 0.1) is 0 Å². The number of hydrogen-bond donors (Lipinski definition) is 4. The summed E-state index contributed by atoms with van der Waals surface area (Å²) in [7, 11) is 0. The van der Waals surface area contributed by atoms with Crippen LogP contribution in [-0.2, 0) is 0 Å². The van der Waals surface area contributed by atoms with Crippen LogP contribution in [0.5, 0.6) is 0 Å². The molecule has 0 unspecified atom stereocenters. The first-order valence-electron chi connectivity index (χ1n) is 11.4. The highest BCUT2D eigenvalue weighted by atomic mass is 16.2. The summed E-state index contributed by atoms with van der Waals surface area (Å²) in [5.41, 5.74) is 18.9. The summed E-state index contributed by atoms with van der Waals surface area (Å²) < 4.78 is 0. The lowest BCUT2D eigenvalue weighted by Crippen LogP contribution is -2.14. The van der Waals surface area contributed by atoms with E-state index in [1.165, 1.54) is 6.20 Å². The summed E-state index contributed by atoms with van der Waals surface area (Å²) in [6.07, 6.45) is 11.1. The van der Waals surface area contributed by atoms with E-state index in [1.807, 2.05) is 55.5 Å². The standard InChI is InChI=1S/C30H31N5O/c1-21(10-7-8-15-31)17-34-23(3)30-27(24-11-5-4-6-12-24)13-9-14-29(30)35-22(2)25-16-26(19-33-18-25)28(32)20-36/h4-16,18-20,34,36H,1,3,17,31-32H2,2H3/b10-7-,15-8-,28-20-,35-22?. The molecule has 0 spiro atoms. The Kier molecular flexibility index (Phi) is 9.00. The molecule has 0 bridgehead atoms. The highest BCUT2D eigenvalue weighted by molar-refractivity contribution is 6.01. The van der Waals surface area contributed by atoms with Crippen molar-refractivity contribution in [3.8, 4) is 11.1 Å². The van der Waals surface area contributed by atoms with Gasteiger partial charge in [-0.1, -0.05) is 67.8 Å². The van der Waals surface area contributed by atoms with Crippen LogP contribution in [0.1, 0.15) is 23.6 Å². The first-order valence-corrected chi connectivity index (χ1v) is 11.4. The van der Waals surface area contributed by atoms with E-state index in [4.69, 9.17) is 16.5 Å². The Hall–Kier alpha value is -4.84. The number of aliphatic imine (C=N–C) groups is 1. The molecule has 0 saturated heterocycles. The molecule has 0 amide bonds. The molecule has 0 radical (unpaired) electrons. The lowest BCUT2D eigenvalue weighted by atomic mass is 9.96. The zero-order valence-corrected chi connectivity index (χ0v) is 20.4. The fraction of sp³-hybridized carbons (Fsp3) is 0.0667. The monoisotopic (exact) mass is 477 g/mol. The third-order valence-electron chi connectivity index (χ3n) is 5.43. The van der Waals surface area contributed by atoms with Crippen molar-refractivity contribution in [1.82, 2.24) is 10.3 Å². The molecule has 0 aliphatic rings. The summed E-state index contributed by atoms with van der Waals surface area (Å²) in [5.74, 6) is 0. The van der Waals surface area contributed by atoms with E-state index < -0.39 is 0 Å². The van der Waals surface area contributed by atoms with Crippen molar-refractivity contribution in [1.29, 1.82) is 0 Å². The van der Waals surface area contributed by atoms with Crippen LogP contribution in [0.15, 0.2) is 121 Å². The number of rotatable bonds is 10. The number of pyridine rings is 1. The number of aliphatic hydroxyl groups excluding tert-OH is 1. The van der Waals surface area contributed by atoms with E-state index in [0.717, 1.165) is 51.2 Å². The van der Waals surface area contributed by atoms with Gasteiger partial charge < -0.3 is 21.9 Å². The summed E-state index contributed by atoms with van der Waals surface area (Å²) >= 11 is 0. The predicted octanol–water partition coefficient (Wildman–Crippen LogP) is 5.85. The van der Waals surface area contributed by atoms with Gasteiger partial charge in [-0.2, -0.15) is 0 Å². The Labute approximate surface area is 212 Å². The van der Waals surface area contributed by atoms with Gasteiger partial charge in [-0.15, -0.1) is 0 Å². The summed E-state index contributed by atoms with van der Waals surface area (Å²) in [6, 6.07) is 18.0. The van der Waals surface area contributed by atoms with Crippen molar-refractivity contribution in [3.63, 3.8) is 0 Å². The highest BCUT2D eigenvalue weighted by Gasteiger charge is 2.14. The molecule has 0 fully saturated rings. The second-order valence-electron chi connectivity index (χ2n) is 8.04. The maximum Gasteiger partial charge on any atom is 0.103 e. The number of aromatic nitrogens is 1. The van der Waals surface area contributed by atoms with E-state index >= 15 is 0 Å². The first-order chi connectivity index (χ1) is 17.4. The van der Waals surface area contributed by atoms with Crippen molar-refractivity contribution >= 4 is 22.8 Å². The summed E-state index contributed by atoms with van der Waals surface area (Å²) in [5, 5.41) is 12.6. The number of nitrogens with one attached hydrogen (secondary N) is 1. The molecule has 3 rings (SSSR count). The molecule has 6 heteroatoms. The summed E-state index contributed by atoms with van der Waals surface area (Å²) in [4.78, 5) is 9.19. The molecule has 2 aromatic carbocycles. The number of aliphatic hydroxyl groups is 1. The molecule has 1 heterocycles. The van der Waals surface area contributed by atoms with Crippen molar-refractivity contribution in [3.05, 3.63) is 133 Å². The molecule has 0 saturated carbocycles. The number of hydrogen-bond acceptors (Lipinski definition) is 6. The molecule has 182 valence electrons. The van der Waals surface area contributed by atoms with Gasteiger partial charge >= 0.3 is 0 Å². The molecule has 0 aliphatic carbocycles. The van der Waals surface area contributed by atoms with Gasteiger partial charge in [0.1, 0.15) is 6.26 Å². The van der Waals surface area contributed by atoms with E-state index in [9.17, 15) is 5.11 Å². The van der Waals surface area contributed by atoms with Gasteiger partial charge in [-0.3, -0.25) is 9.98 Å². The second kappa shape index (κ2) is 12.6. The molecule has 0 atom stereocenters. The third kappa shape index (κ3) is 6.61. The summed E-state index contributed by atoms with van der Waals surface area (Å²) in [6.45, 7) is 10.8. The number of nitrogens with zero attached hydrogens (tertiary/aromatic N) is 2. The predicted molar refractivity (Wildman–Crippen MR) is 151 cm³/mol. The lowest BCUT2D eigenvalue weighted by molar-refractivity contribution is 0.475. The Morgan fingerprint density at radius 3 is 2.53 bits per heavy atom. The van der Waals surface area contributed by atoms with Gasteiger partial charge in [-0.25, -0.2) is 0 Å². The van der Waals surface area contributed by atoms with Gasteiger partial charge in [-0.05, 0) is 48.0 Å². The molecule has 6 N–H and O–H groups in total. The van der Waals surface area contributed by atoms with Crippen LogP contribution in [-0.4, -0.2) is 22.3 Å². The van der Waals surface area contributed by atoms with Crippen molar-refractivity contribution in [2.45, 2.75) is 6.92 Å². The Balaban J connectivity index is 2.03. The smallest absolute Gasteiger partial charge is 0.103 e. The van der Waals surface area contributed by atoms with Crippen LogP contribution in [0.2, 0.25) is 0 Å². The maximum atomic E-state index is 9.26. The first kappa shape index (κ1) is 25.8. The Bertz CT molecular complexity index is 1350. The van der Waals surface area contributed by atoms with Gasteiger partial charge in [0.2, 0.25) is 0 Å². The number of nitrogens with two attached hydrogens (primary N) is 2. The third-order valence-corrected chi connectivity index (χ3v) is 5.43. The minimum atomic E-state index is 0.234. The van der Waals surface area contributed by atoms with Crippen LogP contribution >= 0.6 is 0 Å². The molecule has 0 aliphatic heterocycles. The Morgan fingerprint density at radius 2 is 1.81 bits per heavy atom. The fourth-order valence-electron chi connectivity index (χ4n) is 3.55. The van der Waals surface area contributed by atoms with Crippen molar-refractivity contribution in [2.24, 2.45) is 16.5 Å². The van der Waals surface area contributed by atoms with Gasteiger partial charge in [0.15, 0.2) is 0 Å². The van der Waals surface area contributed by atoms with Crippen molar-refractivity contribution < 1.29 is 5.11 Å². The molecule has 6 nitrogen and oxygen atoms in total.